The fourth-order valence-corrected chi connectivity index (χ4v) is 3.66. The minimum Gasteiger partial charge on any atom is -0.357 e. The van der Waals surface area contributed by atoms with Gasteiger partial charge in [0.25, 0.3) is 0 Å². The van der Waals surface area contributed by atoms with Crippen LogP contribution in [0.15, 0.2) is 24.5 Å². The first-order valence-electron chi connectivity index (χ1n) is 9.46. The number of aromatic nitrogens is 1. The van der Waals surface area contributed by atoms with Crippen molar-refractivity contribution < 1.29 is 9.59 Å². The van der Waals surface area contributed by atoms with Crippen LogP contribution < -0.4 is 16.0 Å². The van der Waals surface area contributed by atoms with Crippen molar-refractivity contribution in [2.75, 3.05) is 7.05 Å². The molecule has 26 heavy (non-hydrogen) atoms. The minimum atomic E-state index is -0.807. The Bertz CT molecular complexity index is 604. The number of urea groups is 1. The molecule has 0 radical (unpaired) electrons. The predicted molar refractivity (Wildman–Crippen MR) is 103 cm³/mol. The van der Waals surface area contributed by atoms with Gasteiger partial charge in [-0.05, 0) is 36.3 Å². The van der Waals surface area contributed by atoms with Gasteiger partial charge < -0.3 is 16.0 Å². The maximum atomic E-state index is 12.8. The minimum absolute atomic E-state index is 0.0388. The van der Waals surface area contributed by atoms with E-state index in [0.717, 1.165) is 31.2 Å². The van der Waals surface area contributed by atoms with Crippen molar-refractivity contribution in [1.82, 2.24) is 20.9 Å². The van der Waals surface area contributed by atoms with Crippen LogP contribution in [0.5, 0.6) is 0 Å². The smallest absolute Gasteiger partial charge is 0.316 e. The van der Waals surface area contributed by atoms with E-state index < -0.39 is 5.54 Å². The number of pyridine rings is 1. The Labute approximate surface area is 156 Å². The van der Waals surface area contributed by atoms with Crippen LogP contribution in [0, 0.1) is 5.41 Å². The third kappa shape index (κ3) is 5.44. The number of nitrogens with zero attached hydrogens (tertiary/aromatic N) is 1. The quantitative estimate of drug-likeness (QED) is 0.753. The van der Waals surface area contributed by atoms with Gasteiger partial charge in [-0.25, -0.2) is 4.79 Å². The van der Waals surface area contributed by atoms with Crippen molar-refractivity contribution in [3.63, 3.8) is 0 Å². The molecule has 0 aromatic carbocycles. The van der Waals surface area contributed by atoms with Gasteiger partial charge in [0.05, 0.1) is 6.04 Å². The van der Waals surface area contributed by atoms with Crippen LogP contribution in [0.25, 0.3) is 0 Å². The Morgan fingerprint density at radius 2 is 1.92 bits per heavy atom. The van der Waals surface area contributed by atoms with E-state index in [2.05, 4.69) is 41.7 Å². The fourth-order valence-electron chi connectivity index (χ4n) is 3.66. The van der Waals surface area contributed by atoms with Crippen molar-refractivity contribution in [1.29, 1.82) is 0 Å². The van der Waals surface area contributed by atoms with E-state index in [1.54, 1.807) is 19.4 Å². The summed E-state index contributed by atoms with van der Waals surface area (Å²) in [6.45, 7) is 6.43. The molecule has 1 aliphatic rings. The molecule has 0 saturated heterocycles. The van der Waals surface area contributed by atoms with Gasteiger partial charge in [-0.1, -0.05) is 46.1 Å². The number of likely N-dealkylation sites (N-methyl/N-ethyl adjacent to an activating group) is 1. The number of hydrogen-bond donors (Lipinski definition) is 3. The summed E-state index contributed by atoms with van der Waals surface area (Å²) in [6, 6.07) is 3.39. The molecular weight excluding hydrogens is 328 g/mol. The normalized spacial score (nSPS) is 17.8. The molecule has 1 fully saturated rings. The lowest BCUT2D eigenvalue weighted by Gasteiger charge is -2.37. The van der Waals surface area contributed by atoms with Crippen molar-refractivity contribution in [2.45, 2.75) is 70.9 Å². The SMILES string of the molecule is CNC(=O)C1(NC(=O)N[C@@H](CC(C)(C)C)c2cccnc2)CCCCC1. The van der Waals surface area contributed by atoms with Gasteiger partial charge >= 0.3 is 6.03 Å². The maximum absolute atomic E-state index is 12.8. The molecule has 2 rings (SSSR count). The fraction of sp³-hybridized carbons (Fsp3) is 0.650. The topological polar surface area (TPSA) is 83.1 Å². The molecular formula is C20H32N4O2. The van der Waals surface area contributed by atoms with E-state index in [4.69, 9.17) is 0 Å². The Morgan fingerprint density at radius 1 is 1.23 bits per heavy atom. The average Bonchev–Trinajstić information content (AvgIpc) is 2.60. The number of carbonyl (C=O) groups excluding carboxylic acids is 2. The summed E-state index contributed by atoms with van der Waals surface area (Å²) in [6.07, 6.45) is 8.63. The van der Waals surface area contributed by atoms with Gasteiger partial charge in [0.15, 0.2) is 0 Å². The lowest BCUT2D eigenvalue weighted by Crippen LogP contribution is -2.61. The number of nitrogens with one attached hydrogen (secondary N) is 3. The zero-order valence-electron chi connectivity index (χ0n) is 16.4. The second-order valence-corrected chi connectivity index (χ2v) is 8.42. The third-order valence-corrected chi connectivity index (χ3v) is 4.93. The number of amides is 3. The van der Waals surface area contributed by atoms with Crippen LogP contribution in [-0.4, -0.2) is 29.5 Å². The highest BCUT2D eigenvalue weighted by Gasteiger charge is 2.40. The molecule has 1 saturated carbocycles. The van der Waals surface area contributed by atoms with Crippen LogP contribution >= 0.6 is 0 Å². The molecule has 0 spiro atoms. The monoisotopic (exact) mass is 360 g/mol. The summed E-state index contributed by atoms with van der Waals surface area (Å²) in [5.74, 6) is -0.110. The Balaban J connectivity index is 2.14. The maximum Gasteiger partial charge on any atom is 0.316 e. The third-order valence-electron chi connectivity index (χ3n) is 4.93. The Morgan fingerprint density at radius 3 is 2.46 bits per heavy atom. The van der Waals surface area contributed by atoms with Crippen molar-refractivity contribution in [3.05, 3.63) is 30.1 Å². The van der Waals surface area contributed by atoms with E-state index in [0.29, 0.717) is 12.8 Å². The zero-order chi connectivity index (χ0) is 19.2. The van der Waals surface area contributed by atoms with E-state index in [1.165, 1.54) is 0 Å². The van der Waals surface area contributed by atoms with Crippen LogP contribution in [0.4, 0.5) is 4.79 Å². The molecule has 6 nitrogen and oxygen atoms in total. The zero-order valence-corrected chi connectivity index (χ0v) is 16.4. The first-order chi connectivity index (χ1) is 12.3. The van der Waals surface area contributed by atoms with Crippen LogP contribution in [0.1, 0.15) is 70.9 Å². The van der Waals surface area contributed by atoms with E-state index in [1.807, 2.05) is 12.1 Å². The lowest BCUT2D eigenvalue weighted by molar-refractivity contribution is -0.128. The molecule has 144 valence electrons. The second kappa shape index (κ2) is 8.52. The summed E-state index contributed by atoms with van der Waals surface area (Å²) < 4.78 is 0. The average molecular weight is 361 g/mol. The largest absolute Gasteiger partial charge is 0.357 e. The molecule has 1 aliphatic carbocycles. The summed E-state index contributed by atoms with van der Waals surface area (Å²) in [7, 11) is 1.62. The van der Waals surface area contributed by atoms with Crippen LogP contribution in [-0.2, 0) is 4.79 Å². The van der Waals surface area contributed by atoms with Gasteiger partial charge in [-0.15, -0.1) is 0 Å². The molecule has 0 bridgehead atoms. The van der Waals surface area contributed by atoms with Gasteiger partial charge in [0, 0.05) is 19.4 Å². The lowest BCUT2D eigenvalue weighted by atomic mass is 9.81. The predicted octanol–water partition coefficient (Wildman–Crippen LogP) is 3.31. The van der Waals surface area contributed by atoms with Crippen molar-refractivity contribution >= 4 is 11.9 Å². The Hall–Kier alpha value is -2.11. The van der Waals surface area contributed by atoms with Gasteiger partial charge in [0.1, 0.15) is 5.54 Å². The summed E-state index contributed by atoms with van der Waals surface area (Å²) in [5.41, 5.74) is 0.199. The molecule has 1 heterocycles. The number of hydrogen-bond acceptors (Lipinski definition) is 3. The molecule has 3 amide bonds. The number of carbonyl (C=O) groups is 2. The van der Waals surface area contributed by atoms with Gasteiger partial charge in [-0.2, -0.15) is 0 Å². The standard InChI is InChI=1S/C20H32N4O2/c1-19(2,3)13-16(15-9-8-12-22-14-15)23-18(26)24-20(17(25)21-4)10-6-5-7-11-20/h8-9,12,14,16H,5-7,10-11,13H2,1-4H3,(H,21,25)(H2,23,24,26)/t16-/m0/s1. The Kier molecular flexibility index (Phi) is 6.62. The molecule has 0 aliphatic heterocycles. The van der Waals surface area contributed by atoms with E-state index >= 15 is 0 Å². The highest BCUT2D eigenvalue weighted by molar-refractivity contribution is 5.91. The highest BCUT2D eigenvalue weighted by Crippen LogP contribution is 2.30. The first kappa shape index (κ1) is 20.2. The summed E-state index contributed by atoms with van der Waals surface area (Å²) in [4.78, 5) is 29.4. The molecule has 3 N–H and O–H groups in total. The van der Waals surface area contributed by atoms with Crippen LogP contribution in [0.3, 0.4) is 0 Å². The number of rotatable bonds is 5. The van der Waals surface area contributed by atoms with E-state index in [9.17, 15) is 9.59 Å². The summed E-state index contributed by atoms with van der Waals surface area (Å²) >= 11 is 0. The van der Waals surface area contributed by atoms with Gasteiger partial charge in [0.2, 0.25) is 5.91 Å². The van der Waals surface area contributed by atoms with Crippen molar-refractivity contribution in [2.24, 2.45) is 5.41 Å². The second-order valence-electron chi connectivity index (χ2n) is 8.42. The molecule has 1 atom stereocenters. The molecule has 1 aromatic rings. The molecule has 6 heteroatoms. The van der Waals surface area contributed by atoms with E-state index in [-0.39, 0.29) is 23.4 Å². The highest BCUT2D eigenvalue weighted by atomic mass is 16.2. The molecule has 0 unspecified atom stereocenters. The molecule has 1 aromatic heterocycles. The first-order valence-corrected chi connectivity index (χ1v) is 9.46. The van der Waals surface area contributed by atoms with Gasteiger partial charge in [-0.3, -0.25) is 9.78 Å². The van der Waals surface area contributed by atoms with Crippen LogP contribution in [0.2, 0.25) is 0 Å². The van der Waals surface area contributed by atoms with Crippen molar-refractivity contribution in [3.8, 4) is 0 Å². The summed E-state index contributed by atoms with van der Waals surface area (Å²) in [5, 5.41) is 8.77.